The minimum atomic E-state index is -4.10. The lowest BCUT2D eigenvalue weighted by atomic mass is 10.0. The van der Waals surface area contributed by atoms with Gasteiger partial charge in [0.2, 0.25) is 0 Å². The number of nitrogens with two attached hydrogens (primary N) is 1. The normalized spacial score (nSPS) is 14.3. The molecule has 0 aliphatic carbocycles. The molecule has 0 aromatic heterocycles. The van der Waals surface area contributed by atoms with Gasteiger partial charge in [0.05, 0.1) is 25.4 Å². The molecule has 0 aliphatic rings. The van der Waals surface area contributed by atoms with E-state index in [2.05, 4.69) is 6.92 Å². The van der Waals surface area contributed by atoms with Crippen molar-refractivity contribution < 1.29 is 17.5 Å². The highest BCUT2D eigenvalue weighted by atomic mass is 32.2. The third-order valence-corrected chi connectivity index (χ3v) is 7.95. The summed E-state index contributed by atoms with van der Waals surface area (Å²) in [6.07, 6.45) is 18.7. The van der Waals surface area contributed by atoms with E-state index in [1.165, 1.54) is 97.3 Å². The van der Waals surface area contributed by atoms with Gasteiger partial charge in [-0.25, -0.2) is 0 Å². The number of unbranched alkanes of at least 4 members (excludes halogenated alkanes) is 13. The van der Waals surface area contributed by atoms with Gasteiger partial charge < -0.3 is 4.48 Å². The molecule has 0 aliphatic heterocycles. The Balaban J connectivity index is 3.73. The highest BCUT2D eigenvalue weighted by Gasteiger charge is 2.39. The molecule has 6 heteroatoms. The Morgan fingerprint density at radius 3 is 1.48 bits per heavy atom. The molecular weight excluding hydrogens is 384 g/mol. The van der Waals surface area contributed by atoms with Crippen LogP contribution in [0, 0.1) is 0 Å². The van der Waals surface area contributed by atoms with Crippen molar-refractivity contribution in [2.24, 2.45) is 5.73 Å². The lowest BCUT2D eigenvalue weighted by molar-refractivity contribution is -0.915. The Bertz CT molecular complexity index is 504. The third-order valence-electron chi connectivity index (χ3n) is 6.38. The molecule has 0 saturated heterocycles. The summed E-state index contributed by atoms with van der Waals surface area (Å²) in [6, 6.07) is 0. The maximum atomic E-state index is 11.5. The molecular formula is C23H51N2O3S+. The molecule has 0 spiro atoms. The first-order valence-electron chi connectivity index (χ1n) is 12.0. The van der Waals surface area contributed by atoms with Crippen LogP contribution in [-0.2, 0) is 10.1 Å². The second-order valence-corrected chi connectivity index (χ2v) is 12.2. The fraction of sp³-hybridized carbons (Fsp3) is 1.00. The Morgan fingerprint density at radius 1 is 0.793 bits per heavy atom. The molecule has 1 unspecified atom stereocenters. The van der Waals surface area contributed by atoms with E-state index in [0.29, 0.717) is 4.48 Å². The first-order valence-corrected chi connectivity index (χ1v) is 13.4. The third kappa shape index (κ3) is 13.7. The quantitative estimate of drug-likeness (QED) is 0.115. The van der Waals surface area contributed by atoms with Gasteiger partial charge in [0.1, 0.15) is 6.17 Å². The summed E-state index contributed by atoms with van der Waals surface area (Å²) in [5.41, 5.74) is 6.29. The Hall–Kier alpha value is -0.170. The number of rotatable bonds is 19. The van der Waals surface area contributed by atoms with Gasteiger partial charge in [0.15, 0.2) is 0 Å². The molecule has 0 fully saturated rings. The van der Waals surface area contributed by atoms with Crippen molar-refractivity contribution in [3.8, 4) is 0 Å². The SMILES string of the molecule is CCCCCCCCCCCCCCCC[N+](C)(C)C(N)CC(C)(C)S(=O)(=O)O. The first-order chi connectivity index (χ1) is 13.4. The van der Waals surface area contributed by atoms with Gasteiger partial charge in [0, 0.05) is 6.42 Å². The summed E-state index contributed by atoms with van der Waals surface area (Å²) in [6.45, 7) is 6.27. The van der Waals surface area contributed by atoms with Crippen LogP contribution >= 0.6 is 0 Å². The van der Waals surface area contributed by atoms with Crippen LogP contribution in [0.4, 0.5) is 0 Å². The van der Waals surface area contributed by atoms with Crippen LogP contribution in [0.25, 0.3) is 0 Å². The zero-order valence-electron chi connectivity index (χ0n) is 20.1. The highest BCUT2D eigenvalue weighted by Crippen LogP contribution is 2.24. The molecule has 0 saturated carbocycles. The molecule has 0 heterocycles. The minimum Gasteiger partial charge on any atom is -0.314 e. The van der Waals surface area contributed by atoms with E-state index in [-0.39, 0.29) is 12.6 Å². The number of hydrogen-bond donors (Lipinski definition) is 2. The van der Waals surface area contributed by atoms with Crippen LogP contribution in [0.15, 0.2) is 0 Å². The van der Waals surface area contributed by atoms with Crippen molar-refractivity contribution in [3.05, 3.63) is 0 Å². The predicted octanol–water partition coefficient (Wildman–Crippen LogP) is 5.89. The Labute approximate surface area is 182 Å². The van der Waals surface area contributed by atoms with Crippen molar-refractivity contribution in [1.29, 1.82) is 0 Å². The summed E-state index contributed by atoms with van der Waals surface area (Å²) in [4.78, 5) is 0. The number of quaternary nitrogens is 1. The second kappa shape index (κ2) is 14.8. The lowest BCUT2D eigenvalue weighted by Crippen LogP contribution is -2.57. The van der Waals surface area contributed by atoms with E-state index in [1.807, 2.05) is 14.1 Å². The molecule has 0 aromatic rings. The largest absolute Gasteiger partial charge is 0.314 e. The average Bonchev–Trinajstić information content (AvgIpc) is 2.60. The van der Waals surface area contributed by atoms with E-state index in [1.54, 1.807) is 0 Å². The average molecular weight is 436 g/mol. The lowest BCUT2D eigenvalue weighted by Gasteiger charge is -2.38. The van der Waals surface area contributed by atoms with Gasteiger partial charge in [-0.05, 0) is 26.7 Å². The molecule has 29 heavy (non-hydrogen) atoms. The van der Waals surface area contributed by atoms with Crippen LogP contribution in [0.5, 0.6) is 0 Å². The summed E-state index contributed by atoms with van der Waals surface area (Å²) < 4.78 is 31.8. The van der Waals surface area contributed by atoms with Crippen molar-refractivity contribution >= 4 is 10.1 Å². The standard InChI is InChI=1S/C23H50N2O3S/c1-6-7-8-9-10-11-12-13-14-15-16-17-18-19-20-25(4,5)22(24)21-23(2,3)29(26,27)28/h22H,6-21,24H2,1-5H3/p+1. The topological polar surface area (TPSA) is 80.4 Å². The van der Waals surface area contributed by atoms with E-state index in [0.717, 1.165) is 13.0 Å². The molecule has 0 rings (SSSR count). The fourth-order valence-corrected chi connectivity index (χ4v) is 4.12. The molecule has 0 aromatic carbocycles. The van der Waals surface area contributed by atoms with Gasteiger partial charge in [-0.1, -0.05) is 84.0 Å². The van der Waals surface area contributed by atoms with Gasteiger partial charge in [-0.3, -0.25) is 10.3 Å². The van der Waals surface area contributed by atoms with Crippen LogP contribution < -0.4 is 5.73 Å². The Kier molecular flexibility index (Phi) is 14.7. The first kappa shape index (κ1) is 28.8. The van der Waals surface area contributed by atoms with E-state index >= 15 is 0 Å². The van der Waals surface area contributed by atoms with Gasteiger partial charge >= 0.3 is 0 Å². The van der Waals surface area contributed by atoms with Crippen LogP contribution in [-0.4, -0.2) is 49.0 Å². The fourth-order valence-electron chi connectivity index (χ4n) is 3.74. The summed E-state index contributed by atoms with van der Waals surface area (Å²) in [5, 5.41) is 0. The zero-order chi connectivity index (χ0) is 22.4. The van der Waals surface area contributed by atoms with Crippen LogP contribution in [0.3, 0.4) is 0 Å². The Morgan fingerprint density at radius 2 is 1.14 bits per heavy atom. The zero-order valence-corrected chi connectivity index (χ0v) is 20.9. The molecule has 3 N–H and O–H groups in total. The molecule has 5 nitrogen and oxygen atoms in total. The van der Waals surface area contributed by atoms with Crippen LogP contribution in [0.1, 0.15) is 117 Å². The van der Waals surface area contributed by atoms with Crippen molar-refractivity contribution in [2.45, 2.75) is 128 Å². The molecule has 0 amide bonds. The monoisotopic (exact) mass is 435 g/mol. The summed E-state index contributed by atoms with van der Waals surface area (Å²) in [5.74, 6) is 0. The van der Waals surface area contributed by atoms with Crippen molar-refractivity contribution in [2.75, 3.05) is 20.6 Å². The summed E-state index contributed by atoms with van der Waals surface area (Å²) >= 11 is 0. The second-order valence-electron chi connectivity index (χ2n) is 10.1. The van der Waals surface area contributed by atoms with E-state index < -0.39 is 14.9 Å². The van der Waals surface area contributed by atoms with E-state index in [4.69, 9.17) is 5.73 Å². The van der Waals surface area contributed by atoms with Gasteiger partial charge in [-0.15, -0.1) is 0 Å². The maximum absolute atomic E-state index is 11.5. The smallest absolute Gasteiger partial charge is 0.270 e. The number of hydrogen-bond acceptors (Lipinski definition) is 3. The summed E-state index contributed by atoms with van der Waals surface area (Å²) in [7, 11) is -0.000183. The molecule has 1 atom stereocenters. The van der Waals surface area contributed by atoms with Gasteiger partial charge in [-0.2, -0.15) is 8.42 Å². The van der Waals surface area contributed by atoms with Crippen molar-refractivity contribution in [1.82, 2.24) is 0 Å². The molecule has 0 radical (unpaired) electrons. The highest BCUT2D eigenvalue weighted by molar-refractivity contribution is 7.87. The van der Waals surface area contributed by atoms with E-state index in [9.17, 15) is 13.0 Å². The predicted molar refractivity (Wildman–Crippen MR) is 126 cm³/mol. The molecule has 176 valence electrons. The maximum Gasteiger partial charge on any atom is 0.270 e. The van der Waals surface area contributed by atoms with Gasteiger partial charge in [0.25, 0.3) is 10.1 Å². The minimum absolute atomic E-state index is 0.247. The van der Waals surface area contributed by atoms with Crippen LogP contribution in [0.2, 0.25) is 0 Å². The molecule has 0 bridgehead atoms. The number of nitrogens with zero attached hydrogens (tertiary/aromatic N) is 1. The van der Waals surface area contributed by atoms with Crippen molar-refractivity contribution in [3.63, 3.8) is 0 Å².